The van der Waals surface area contributed by atoms with Gasteiger partial charge in [-0.1, -0.05) is 43.3 Å². The van der Waals surface area contributed by atoms with Crippen LogP contribution < -0.4 is 5.32 Å². The van der Waals surface area contributed by atoms with E-state index in [1.807, 2.05) is 61.7 Å². The van der Waals surface area contributed by atoms with E-state index in [9.17, 15) is 9.59 Å². The van der Waals surface area contributed by atoms with Crippen LogP contribution >= 0.6 is 0 Å². The number of ether oxygens (including phenoxy) is 1. The molecular formula is C21H22N2O3. The predicted molar refractivity (Wildman–Crippen MR) is 102 cm³/mol. The van der Waals surface area contributed by atoms with Gasteiger partial charge in [0.05, 0.1) is 0 Å². The molecule has 0 atom stereocenters. The summed E-state index contributed by atoms with van der Waals surface area (Å²) in [5.41, 5.74) is 3.92. The van der Waals surface area contributed by atoms with Crippen LogP contribution in [0.4, 0.5) is 5.69 Å². The summed E-state index contributed by atoms with van der Waals surface area (Å²) in [5.74, 6) is -0.708. The molecule has 2 aromatic carbocycles. The number of amides is 1. The molecule has 26 heavy (non-hydrogen) atoms. The Morgan fingerprint density at radius 3 is 2.65 bits per heavy atom. The number of carbonyl (C=O) groups excluding carboxylic acids is 2. The van der Waals surface area contributed by atoms with Crippen LogP contribution in [0.25, 0.3) is 10.9 Å². The fraction of sp³-hybridized carbons (Fsp3) is 0.238. The maximum Gasteiger partial charge on any atom is 0.306 e. The molecule has 3 rings (SSSR count). The molecule has 5 heteroatoms. The number of carbonyl (C=O) groups is 2. The number of esters is 1. The van der Waals surface area contributed by atoms with Gasteiger partial charge in [-0.25, -0.2) is 0 Å². The second kappa shape index (κ2) is 8.34. The van der Waals surface area contributed by atoms with Crippen molar-refractivity contribution < 1.29 is 14.3 Å². The van der Waals surface area contributed by atoms with E-state index in [-0.39, 0.29) is 24.9 Å². The van der Waals surface area contributed by atoms with Crippen LogP contribution in [0.5, 0.6) is 0 Å². The van der Waals surface area contributed by atoms with Crippen LogP contribution in [-0.4, -0.2) is 23.5 Å². The molecule has 0 fully saturated rings. The number of anilines is 1. The lowest BCUT2D eigenvalue weighted by atomic mass is 10.1. The molecule has 3 aromatic rings. The third-order valence-electron chi connectivity index (χ3n) is 4.31. The zero-order valence-electron chi connectivity index (χ0n) is 14.7. The van der Waals surface area contributed by atoms with Crippen molar-refractivity contribution in [2.45, 2.75) is 26.2 Å². The molecule has 1 heterocycles. The van der Waals surface area contributed by atoms with Gasteiger partial charge in [-0.3, -0.25) is 9.59 Å². The number of aromatic amines is 1. The number of H-pyrrole nitrogens is 1. The summed E-state index contributed by atoms with van der Waals surface area (Å²) in [6, 6.07) is 15.5. The Kier molecular flexibility index (Phi) is 5.69. The van der Waals surface area contributed by atoms with Crippen molar-refractivity contribution >= 4 is 28.5 Å². The average Bonchev–Trinajstić information content (AvgIpc) is 3.08. The number of hydrogen-bond acceptors (Lipinski definition) is 3. The highest BCUT2D eigenvalue weighted by Gasteiger charge is 2.11. The third-order valence-corrected chi connectivity index (χ3v) is 4.31. The van der Waals surface area contributed by atoms with E-state index in [4.69, 9.17) is 4.74 Å². The quantitative estimate of drug-likeness (QED) is 0.636. The van der Waals surface area contributed by atoms with Crippen molar-refractivity contribution in [1.82, 2.24) is 4.98 Å². The highest BCUT2D eigenvalue weighted by atomic mass is 16.5. The molecule has 1 amide bonds. The maximum absolute atomic E-state index is 12.0. The predicted octanol–water partition coefficient (Wildman–Crippen LogP) is 3.84. The van der Waals surface area contributed by atoms with Crippen molar-refractivity contribution in [2.24, 2.45) is 0 Å². The second-order valence-electron chi connectivity index (χ2n) is 6.08. The SMILES string of the molecule is CCc1ccccc1NC(=O)COC(=O)CCc1c[nH]c2ccccc12. The molecule has 2 N–H and O–H groups in total. The first-order valence-electron chi connectivity index (χ1n) is 8.75. The van der Waals surface area contributed by atoms with Crippen molar-refractivity contribution in [3.8, 4) is 0 Å². The highest BCUT2D eigenvalue weighted by molar-refractivity contribution is 5.93. The molecule has 5 nitrogen and oxygen atoms in total. The van der Waals surface area contributed by atoms with Gasteiger partial charge in [0.25, 0.3) is 5.91 Å². The van der Waals surface area contributed by atoms with Gasteiger partial charge in [0, 0.05) is 29.2 Å². The first-order valence-corrected chi connectivity index (χ1v) is 8.75. The van der Waals surface area contributed by atoms with Crippen LogP contribution in [0.3, 0.4) is 0 Å². The second-order valence-corrected chi connectivity index (χ2v) is 6.08. The standard InChI is InChI=1S/C21H22N2O3/c1-2-15-7-3-5-9-18(15)23-20(24)14-26-21(25)12-11-16-13-22-19-10-6-4-8-17(16)19/h3-10,13,22H,2,11-12,14H2,1H3,(H,23,24). The molecule has 0 aliphatic rings. The van der Waals surface area contributed by atoms with Crippen molar-refractivity contribution in [2.75, 3.05) is 11.9 Å². The summed E-state index contributed by atoms with van der Waals surface area (Å²) in [6.07, 6.45) is 3.54. The van der Waals surface area contributed by atoms with Crippen LogP contribution in [0.1, 0.15) is 24.5 Å². The first kappa shape index (κ1) is 17.7. The van der Waals surface area contributed by atoms with Gasteiger partial charge in [-0.2, -0.15) is 0 Å². The van der Waals surface area contributed by atoms with Gasteiger partial charge in [-0.15, -0.1) is 0 Å². The number of aromatic nitrogens is 1. The number of hydrogen-bond donors (Lipinski definition) is 2. The Balaban J connectivity index is 1.47. The minimum absolute atomic E-state index is 0.237. The lowest BCUT2D eigenvalue weighted by Crippen LogP contribution is -2.21. The molecule has 0 saturated heterocycles. The Morgan fingerprint density at radius 1 is 1.04 bits per heavy atom. The number of para-hydroxylation sites is 2. The number of benzene rings is 2. The molecular weight excluding hydrogens is 328 g/mol. The monoisotopic (exact) mass is 350 g/mol. The van der Waals surface area contributed by atoms with Crippen LogP contribution in [0, 0.1) is 0 Å². The summed E-state index contributed by atoms with van der Waals surface area (Å²) < 4.78 is 5.10. The van der Waals surface area contributed by atoms with Crippen molar-refractivity contribution in [1.29, 1.82) is 0 Å². The molecule has 0 radical (unpaired) electrons. The van der Waals surface area contributed by atoms with Gasteiger partial charge in [0.1, 0.15) is 0 Å². The summed E-state index contributed by atoms with van der Waals surface area (Å²) in [4.78, 5) is 27.1. The lowest BCUT2D eigenvalue weighted by molar-refractivity contribution is -0.147. The molecule has 0 aliphatic carbocycles. The zero-order valence-corrected chi connectivity index (χ0v) is 14.7. The zero-order chi connectivity index (χ0) is 18.4. The number of fused-ring (bicyclic) bond motifs is 1. The average molecular weight is 350 g/mol. The third kappa shape index (κ3) is 4.30. The fourth-order valence-electron chi connectivity index (χ4n) is 2.93. The Morgan fingerprint density at radius 2 is 1.81 bits per heavy atom. The first-order chi connectivity index (χ1) is 12.7. The van der Waals surface area contributed by atoms with Crippen molar-refractivity contribution in [3.05, 3.63) is 65.9 Å². The molecule has 0 aliphatic heterocycles. The molecule has 0 bridgehead atoms. The minimum atomic E-state index is -0.380. The van der Waals surface area contributed by atoms with Gasteiger partial charge in [0.15, 0.2) is 6.61 Å². The van der Waals surface area contributed by atoms with Gasteiger partial charge in [0.2, 0.25) is 0 Å². The summed E-state index contributed by atoms with van der Waals surface area (Å²) in [6.45, 7) is 1.75. The van der Waals surface area contributed by atoms with E-state index in [1.54, 1.807) is 0 Å². The van der Waals surface area contributed by atoms with Gasteiger partial charge >= 0.3 is 5.97 Å². The summed E-state index contributed by atoms with van der Waals surface area (Å²) in [7, 11) is 0. The smallest absolute Gasteiger partial charge is 0.306 e. The summed E-state index contributed by atoms with van der Waals surface area (Å²) in [5, 5.41) is 3.90. The van der Waals surface area contributed by atoms with Crippen LogP contribution in [0.2, 0.25) is 0 Å². The minimum Gasteiger partial charge on any atom is -0.456 e. The lowest BCUT2D eigenvalue weighted by Gasteiger charge is -2.10. The van der Waals surface area contributed by atoms with Crippen LogP contribution in [-0.2, 0) is 27.2 Å². The van der Waals surface area contributed by atoms with E-state index in [0.717, 1.165) is 34.1 Å². The van der Waals surface area contributed by atoms with Crippen molar-refractivity contribution in [3.63, 3.8) is 0 Å². The Labute approximate surface area is 152 Å². The van der Waals surface area contributed by atoms with E-state index in [1.165, 1.54) is 0 Å². The van der Waals surface area contributed by atoms with E-state index in [0.29, 0.717) is 6.42 Å². The molecule has 1 aromatic heterocycles. The van der Waals surface area contributed by atoms with E-state index in [2.05, 4.69) is 10.3 Å². The number of nitrogens with one attached hydrogen (secondary N) is 2. The number of aryl methyl sites for hydroxylation is 2. The fourth-order valence-corrected chi connectivity index (χ4v) is 2.93. The maximum atomic E-state index is 12.0. The molecule has 134 valence electrons. The molecule has 0 spiro atoms. The normalized spacial score (nSPS) is 10.7. The Hall–Kier alpha value is -3.08. The van der Waals surface area contributed by atoms with E-state index >= 15 is 0 Å². The highest BCUT2D eigenvalue weighted by Crippen LogP contribution is 2.19. The molecule has 0 saturated carbocycles. The van der Waals surface area contributed by atoms with E-state index < -0.39 is 0 Å². The topological polar surface area (TPSA) is 71.2 Å². The molecule has 0 unspecified atom stereocenters. The largest absolute Gasteiger partial charge is 0.456 e. The number of rotatable bonds is 7. The van der Waals surface area contributed by atoms with Gasteiger partial charge in [-0.05, 0) is 36.1 Å². The van der Waals surface area contributed by atoms with Gasteiger partial charge < -0.3 is 15.0 Å². The van der Waals surface area contributed by atoms with Crippen LogP contribution in [0.15, 0.2) is 54.7 Å². The Bertz CT molecular complexity index is 914. The summed E-state index contributed by atoms with van der Waals surface area (Å²) >= 11 is 0.